The van der Waals surface area contributed by atoms with Crippen molar-refractivity contribution in [2.75, 3.05) is 7.11 Å². The minimum Gasteiger partial charge on any atom is -0.481 e. The van der Waals surface area contributed by atoms with E-state index in [4.69, 9.17) is 27.9 Å². The summed E-state index contributed by atoms with van der Waals surface area (Å²) in [5.41, 5.74) is 2.52. The molecular formula is C14H12Cl2N4O. The molecule has 108 valence electrons. The normalized spacial score (nSPS) is 11.0. The van der Waals surface area contributed by atoms with E-state index in [1.165, 1.54) is 0 Å². The van der Waals surface area contributed by atoms with Gasteiger partial charge in [-0.05, 0) is 17.7 Å². The minimum absolute atomic E-state index is 0.302. The molecule has 0 aliphatic heterocycles. The van der Waals surface area contributed by atoms with Crippen molar-refractivity contribution in [2.24, 2.45) is 0 Å². The average molecular weight is 323 g/mol. The molecule has 0 saturated heterocycles. The summed E-state index contributed by atoms with van der Waals surface area (Å²) in [6.07, 6.45) is 3.31. The van der Waals surface area contributed by atoms with Gasteiger partial charge < -0.3 is 9.30 Å². The maximum atomic E-state index is 5.99. The predicted octanol–water partition coefficient (Wildman–Crippen LogP) is 3.28. The molecule has 0 N–H and O–H groups in total. The van der Waals surface area contributed by atoms with E-state index in [1.807, 2.05) is 16.7 Å². The highest BCUT2D eigenvalue weighted by Gasteiger charge is 2.12. The monoisotopic (exact) mass is 322 g/mol. The highest BCUT2D eigenvalue weighted by molar-refractivity contribution is 6.31. The van der Waals surface area contributed by atoms with Crippen LogP contribution in [0.3, 0.4) is 0 Å². The molecule has 0 aliphatic rings. The number of alkyl halides is 1. The van der Waals surface area contributed by atoms with Crippen molar-refractivity contribution >= 4 is 34.4 Å². The lowest BCUT2D eigenvalue weighted by Gasteiger charge is -2.08. The van der Waals surface area contributed by atoms with Gasteiger partial charge in [-0.1, -0.05) is 11.6 Å². The third-order valence-electron chi connectivity index (χ3n) is 3.10. The number of aromatic nitrogens is 4. The molecule has 0 radical (unpaired) electrons. The maximum absolute atomic E-state index is 5.99. The van der Waals surface area contributed by atoms with Crippen LogP contribution in [0.25, 0.3) is 11.2 Å². The second-order valence-corrected chi connectivity index (χ2v) is 5.15. The lowest BCUT2D eigenvalue weighted by Crippen LogP contribution is -2.05. The summed E-state index contributed by atoms with van der Waals surface area (Å²) in [7, 11) is 1.59. The molecule has 0 fully saturated rings. The number of hydrogen-bond acceptors (Lipinski definition) is 4. The summed E-state index contributed by atoms with van der Waals surface area (Å²) in [6, 6.07) is 5.58. The quantitative estimate of drug-likeness (QED) is 0.692. The van der Waals surface area contributed by atoms with Crippen LogP contribution in [-0.2, 0) is 12.4 Å². The Labute approximate surface area is 131 Å². The third-order valence-corrected chi connectivity index (χ3v) is 3.54. The summed E-state index contributed by atoms with van der Waals surface area (Å²) < 4.78 is 7.10. The first-order chi connectivity index (χ1) is 10.2. The van der Waals surface area contributed by atoms with Crippen molar-refractivity contribution in [1.82, 2.24) is 19.5 Å². The van der Waals surface area contributed by atoms with Crippen LogP contribution < -0.4 is 4.74 Å². The minimum atomic E-state index is 0.302. The molecule has 21 heavy (non-hydrogen) atoms. The Kier molecular flexibility index (Phi) is 3.94. The van der Waals surface area contributed by atoms with Crippen molar-refractivity contribution in [3.63, 3.8) is 0 Å². The third kappa shape index (κ3) is 2.80. The molecule has 0 aliphatic carbocycles. The Bertz CT molecular complexity index is 788. The second-order valence-electron chi connectivity index (χ2n) is 4.45. The first kappa shape index (κ1) is 14.1. The molecular weight excluding hydrogens is 311 g/mol. The fourth-order valence-electron chi connectivity index (χ4n) is 2.14. The van der Waals surface area contributed by atoms with E-state index < -0.39 is 0 Å². The Balaban J connectivity index is 2.06. The van der Waals surface area contributed by atoms with Crippen LogP contribution in [0.1, 0.15) is 11.4 Å². The molecule has 0 unspecified atom stereocenters. The van der Waals surface area contributed by atoms with Gasteiger partial charge in [-0.25, -0.2) is 15.0 Å². The van der Waals surface area contributed by atoms with E-state index in [0.29, 0.717) is 23.3 Å². The van der Waals surface area contributed by atoms with E-state index in [9.17, 15) is 0 Å². The number of halogens is 2. The molecule has 0 saturated carbocycles. The van der Waals surface area contributed by atoms with Gasteiger partial charge in [-0.2, -0.15) is 0 Å². The van der Waals surface area contributed by atoms with Gasteiger partial charge in [-0.3, -0.25) is 0 Å². The number of pyridine rings is 2. The Morgan fingerprint density at radius 1 is 1.29 bits per heavy atom. The van der Waals surface area contributed by atoms with Crippen molar-refractivity contribution in [2.45, 2.75) is 12.4 Å². The van der Waals surface area contributed by atoms with Gasteiger partial charge in [0.2, 0.25) is 5.88 Å². The van der Waals surface area contributed by atoms with E-state index >= 15 is 0 Å². The Hall–Kier alpha value is -1.85. The molecule has 7 heteroatoms. The molecule has 0 spiro atoms. The van der Waals surface area contributed by atoms with Crippen LogP contribution in [-0.4, -0.2) is 26.6 Å². The highest BCUT2D eigenvalue weighted by Crippen LogP contribution is 2.21. The van der Waals surface area contributed by atoms with Crippen molar-refractivity contribution in [3.8, 4) is 5.88 Å². The van der Waals surface area contributed by atoms with E-state index in [-0.39, 0.29) is 0 Å². The summed E-state index contributed by atoms with van der Waals surface area (Å²) in [6.45, 7) is 0.589. The number of nitrogens with zero attached hydrogens (tertiary/aromatic N) is 4. The Morgan fingerprint density at radius 3 is 2.90 bits per heavy atom. The second kappa shape index (κ2) is 5.87. The van der Waals surface area contributed by atoms with Crippen LogP contribution in [0.2, 0.25) is 5.02 Å². The molecule has 3 heterocycles. The standard InChI is InChI=1S/C14H12Cl2N4O/c1-21-13-4-9(2-3-17-13)8-20-12(6-15)19-11-5-10(16)7-18-14(11)20/h2-5,7H,6,8H2,1H3. The first-order valence-electron chi connectivity index (χ1n) is 6.27. The van der Waals surface area contributed by atoms with Crippen LogP contribution >= 0.6 is 23.2 Å². The van der Waals surface area contributed by atoms with E-state index in [0.717, 1.165) is 22.6 Å². The largest absolute Gasteiger partial charge is 0.481 e. The molecule has 5 nitrogen and oxygen atoms in total. The molecule has 3 aromatic rings. The van der Waals surface area contributed by atoms with Crippen LogP contribution in [0, 0.1) is 0 Å². The number of methoxy groups -OCH3 is 1. The lowest BCUT2D eigenvalue weighted by atomic mass is 10.2. The Morgan fingerprint density at radius 2 is 2.14 bits per heavy atom. The van der Waals surface area contributed by atoms with Crippen LogP contribution in [0.15, 0.2) is 30.6 Å². The number of rotatable bonds is 4. The maximum Gasteiger partial charge on any atom is 0.213 e. The molecule has 0 aromatic carbocycles. The summed E-state index contributed by atoms with van der Waals surface area (Å²) in [5, 5.41) is 0.554. The fourth-order valence-corrected chi connectivity index (χ4v) is 2.50. The van der Waals surface area contributed by atoms with Gasteiger partial charge in [0.1, 0.15) is 11.3 Å². The van der Waals surface area contributed by atoms with Gasteiger partial charge in [0, 0.05) is 18.5 Å². The van der Waals surface area contributed by atoms with Gasteiger partial charge in [-0.15, -0.1) is 11.6 Å². The number of fused-ring (bicyclic) bond motifs is 1. The smallest absolute Gasteiger partial charge is 0.213 e. The first-order valence-corrected chi connectivity index (χ1v) is 7.18. The predicted molar refractivity (Wildman–Crippen MR) is 82.0 cm³/mol. The van der Waals surface area contributed by atoms with Gasteiger partial charge in [0.25, 0.3) is 0 Å². The summed E-state index contributed by atoms with van der Waals surface area (Å²) in [5.74, 6) is 1.62. The molecule has 3 aromatic heterocycles. The average Bonchev–Trinajstić information content (AvgIpc) is 2.84. The SMILES string of the molecule is COc1cc(Cn2c(CCl)nc3cc(Cl)cnc32)ccn1. The number of hydrogen-bond donors (Lipinski definition) is 0. The van der Waals surface area contributed by atoms with Crippen molar-refractivity contribution < 1.29 is 4.74 Å². The molecule has 3 rings (SSSR count). The van der Waals surface area contributed by atoms with Crippen molar-refractivity contribution in [3.05, 3.63) is 47.0 Å². The van der Waals surface area contributed by atoms with Crippen LogP contribution in [0.4, 0.5) is 0 Å². The van der Waals surface area contributed by atoms with E-state index in [2.05, 4.69) is 15.0 Å². The number of imidazole rings is 1. The van der Waals surface area contributed by atoms with E-state index in [1.54, 1.807) is 25.6 Å². The summed E-state index contributed by atoms with van der Waals surface area (Å²) in [4.78, 5) is 12.9. The fraction of sp³-hybridized carbons (Fsp3) is 0.214. The molecule has 0 atom stereocenters. The summed E-state index contributed by atoms with van der Waals surface area (Å²) >= 11 is 11.9. The van der Waals surface area contributed by atoms with Gasteiger partial charge in [0.05, 0.1) is 24.6 Å². The van der Waals surface area contributed by atoms with Gasteiger partial charge >= 0.3 is 0 Å². The van der Waals surface area contributed by atoms with Gasteiger partial charge in [0.15, 0.2) is 5.65 Å². The highest BCUT2D eigenvalue weighted by atomic mass is 35.5. The zero-order chi connectivity index (χ0) is 14.8. The molecule has 0 amide bonds. The topological polar surface area (TPSA) is 52.8 Å². The zero-order valence-electron chi connectivity index (χ0n) is 11.3. The zero-order valence-corrected chi connectivity index (χ0v) is 12.8. The van der Waals surface area contributed by atoms with Crippen molar-refractivity contribution in [1.29, 1.82) is 0 Å². The molecule has 0 bridgehead atoms. The number of ether oxygens (including phenoxy) is 1. The lowest BCUT2D eigenvalue weighted by molar-refractivity contribution is 0.397. The van der Waals surface area contributed by atoms with Crippen LogP contribution in [0.5, 0.6) is 5.88 Å².